The van der Waals surface area contributed by atoms with E-state index >= 15 is 0 Å². The van der Waals surface area contributed by atoms with Gasteiger partial charge in [-0.3, -0.25) is 0 Å². The van der Waals surface area contributed by atoms with Gasteiger partial charge in [0.1, 0.15) is 0 Å². The molecule has 0 heterocycles. The fourth-order valence-corrected chi connectivity index (χ4v) is 0.906. The smallest absolute Gasteiger partial charge is 0.0844 e. The van der Waals surface area contributed by atoms with Crippen molar-refractivity contribution in [3.05, 3.63) is 37.0 Å². The zero-order chi connectivity index (χ0) is 9.02. The van der Waals surface area contributed by atoms with Crippen LogP contribution in [0.2, 0.25) is 0 Å². The second-order valence-electron chi connectivity index (χ2n) is 2.90. The zero-order valence-corrected chi connectivity index (χ0v) is 7.30. The van der Waals surface area contributed by atoms with Gasteiger partial charge in [-0.1, -0.05) is 30.4 Å². The van der Waals surface area contributed by atoms with Crippen molar-refractivity contribution in [1.29, 1.82) is 0 Å². The summed E-state index contributed by atoms with van der Waals surface area (Å²) in [5, 5.41) is 9.52. The fraction of sp³-hybridized carbons (Fsp3) is 0.400. The van der Waals surface area contributed by atoms with Crippen molar-refractivity contribution < 1.29 is 5.11 Å². The van der Waals surface area contributed by atoms with E-state index in [1.54, 1.807) is 13.0 Å². The number of hydrogen-bond acceptors (Lipinski definition) is 1. The molecule has 0 saturated heterocycles. The first kappa shape index (κ1) is 10.2. The Morgan fingerprint density at radius 1 is 1.27 bits per heavy atom. The topological polar surface area (TPSA) is 20.2 Å². The van der Waals surface area contributed by atoms with Gasteiger partial charge in [0.25, 0.3) is 0 Å². The maximum atomic E-state index is 9.52. The van der Waals surface area contributed by atoms with Crippen LogP contribution in [0.4, 0.5) is 0 Å². The van der Waals surface area contributed by atoms with E-state index in [0.717, 1.165) is 11.1 Å². The van der Waals surface area contributed by atoms with Crippen molar-refractivity contribution in [3.8, 4) is 0 Å². The first-order chi connectivity index (χ1) is 5.00. The maximum absolute atomic E-state index is 9.52. The van der Waals surface area contributed by atoms with Crippen molar-refractivity contribution in [2.24, 2.45) is 5.92 Å². The molecule has 0 aromatic carbocycles. The second-order valence-corrected chi connectivity index (χ2v) is 2.90. The highest BCUT2D eigenvalue weighted by atomic mass is 16.3. The molecule has 0 rings (SSSR count). The first-order valence-electron chi connectivity index (χ1n) is 3.62. The molecular weight excluding hydrogens is 136 g/mol. The van der Waals surface area contributed by atoms with Crippen LogP contribution in [0.5, 0.6) is 0 Å². The van der Waals surface area contributed by atoms with E-state index < -0.39 is 6.10 Å². The van der Waals surface area contributed by atoms with E-state index in [-0.39, 0.29) is 5.92 Å². The molecule has 0 saturated carbocycles. The maximum Gasteiger partial charge on any atom is 0.0844 e. The SMILES string of the molecule is C=CC(C(=C)C)C(O)C(=C)C. The van der Waals surface area contributed by atoms with Crippen molar-refractivity contribution in [2.45, 2.75) is 20.0 Å². The summed E-state index contributed by atoms with van der Waals surface area (Å²) < 4.78 is 0. The Hall–Kier alpha value is -0.820. The van der Waals surface area contributed by atoms with Crippen molar-refractivity contribution in [1.82, 2.24) is 0 Å². The minimum Gasteiger partial charge on any atom is -0.388 e. The van der Waals surface area contributed by atoms with Gasteiger partial charge >= 0.3 is 0 Å². The molecule has 62 valence electrons. The van der Waals surface area contributed by atoms with Crippen molar-refractivity contribution in [3.63, 3.8) is 0 Å². The minimum atomic E-state index is -0.537. The molecule has 0 fully saturated rings. The standard InChI is InChI=1S/C10H16O/c1-6-9(7(2)3)10(11)8(4)5/h6,9-11H,1-2,4H2,3,5H3. The average Bonchev–Trinajstić information content (AvgIpc) is 1.88. The number of aliphatic hydroxyl groups excluding tert-OH is 1. The quantitative estimate of drug-likeness (QED) is 0.613. The fourth-order valence-electron chi connectivity index (χ4n) is 0.906. The predicted molar refractivity (Wildman–Crippen MR) is 49.3 cm³/mol. The van der Waals surface area contributed by atoms with E-state index in [1.165, 1.54) is 0 Å². The monoisotopic (exact) mass is 152 g/mol. The van der Waals surface area contributed by atoms with Crippen LogP contribution in [-0.2, 0) is 0 Å². The summed E-state index contributed by atoms with van der Waals surface area (Å²) >= 11 is 0. The molecule has 0 radical (unpaired) electrons. The van der Waals surface area contributed by atoms with Crippen molar-refractivity contribution in [2.75, 3.05) is 0 Å². The minimum absolute atomic E-state index is 0.0625. The van der Waals surface area contributed by atoms with E-state index in [2.05, 4.69) is 19.7 Å². The van der Waals surface area contributed by atoms with Gasteiger partial charge in [0.05, 0.1) is 6.10 Å². The Labute approximate surface area is 68.7 Å². The van der Waals surface area contributed by atoms with Crippen LogP contribution in [-0.4, -0.2) is 11.2 Å². The van der Waals surface area contributed by atoms with Gasteiger partial charge in [-0.05, 0) is 13.8 Å². The third-order valence-electron chi connectivity index (χ3n) is 1.67. The molecule has 0 aromatic rings. The molecular formula is C10H16O. The van der Waals surface area contributed by atoms with E-state index in [4.69, 9.17) is 0 Å². The number of hydrogen-bond donors (Lipinski definition) is 1. The molecule has 2 unspecified atom stereocenters. The molecule has 2 atom stereocenters. The average molecular weight is 152 g/mol. The number of aliphatic hydroxyl groups is 1. The van der Waals surface area contributed by atoms with Gasteiger partial charge < -0.3 is 5.11 Å². The highest BCUT2D eigenvalue weighted by molar-refractivity contribution is 5.15. The Morgan fingerprint density at radius 2 is 1.73 bits per heavy atom. The summed E-state index contributed by atoms with van der Waals surface area (Å²) in [6, 6.07) is 0. The van der Waals surface area contributed by atoms with Crippen LogP contribution in [0, 0.1) is 5.92 Å². The molecule has 0 aliphatic rings. The summed E-state index contributed by atoms with van der Waals surface area (Å²) in [4.78, 5) is 0. The van der Waals surface area contributed by atoms with Crippen LogP contribution >= 0.6 is 0 Å². The lowest BCUT2D eigenvalue weighted by atomic mass is 9.92. The molecule has 1 heteroatoms. The normalized spacial score (nSPS) is 15.2. The number of rotatable bonds is 4. The molecule has 11 heavy (non-hydrogen) atoms. The molecule has 0 spiro atoms. The molecule has 0 amide bonds. The predicted octanol–water partition coefficient (Wildman–Crippen LogP) is 2.30. The van der Waals surface area contributed by atoms with Crippen LogP contribution in [0.15, 0.2) is 37.0 Å². The molecule has 0 aliphatic carbocycles. The highest BCUT2D eigenvalue weighted by Crippen LogP contribution is 2.18. The summed E-state index contributed by atoms with van der Waals surface area (Å²) in [6.07, 6.45) is 1.16. The van der Waals surface area contributed by atoms with Gasteiger partial charge in [-0.2, -0.15) is 0 Å². The van der Waals surface area contributed by atoms with Gasteiger partial charge in [0, 0.05) is 5.92 Å². The third kappa shape index (κ3) is 2.72. The van der Waals surface area contributed by atoms with Crippen molar-refractivity contribution >= 4 is 0 Å². The van der Waals surface area contributed by atoms with Crippen LogP contribution in [0.1, 0.15) is 13.8 Å². The molecule has 0 aliphatic heterocycles. The summed E-state index contributed by atoms with van der Waals surface area (Å²) in [7, 11) is 0. The van der Waals surface area contributed by atoms with Gasteiger partial charge in [0.15, 0.2) is 0 Å². The van der Waals surface area contributed by atoms with Gasteiger partial charge in [-0.25, -0.2) is 0 Å². The van der Waals surface area contributed by atoms with E-state index in [9.17, 15) is 5.11 Å². The molecule has 0 aromatic heterocycles. The van der Waals surface area contributed by atoms with Gasteiger partial charge in [0.2, 0.25) is 0 Å². The Bertz CT molecular complexity index is 179. The zero-order valence-electron chi connectivity index (χ0n) is 7.30. The molecule has 1 nitrogen and oxygen atoms in total. The Morgan fingerprint density at radius 3 is 1.82 bits per heavy atom. The first-order valence-corrected chi connectivity index (χ1v) is 3.62. The lowest BCUT2D eigenvalue weighted by Gasteiger charge is -2.19. The molecule has 1 N–H and O–H groups in total. The van der Waals surface area contributed by atoms with Crippen LogP contribution < -0.4 is 0 Å². The lowest BCUT2D eigenvalue weighted by Crippen LogP contribution is -2.19. The van der Waals surface area contributed by atoms with Crippen LogP contribution in [0.3, 0.4) is 0 Å². The summed E-state index contributed by atoms with van der Waals surface area (Å²) in [5.74, 6) is -0.0625. The Kier molecular flexibility index (Phi) is 3.83. The second kappa shape index (κ2) is 4.14. The van der Waals surface area contributed by atoms with E-state index in [1.807, 2.05) is 6.92 Å². The largest absolute Gasteiger partial charge is 0.388 e. The molecule has 0 bridgehead atoms. The van der Waals surface area contributed by atoms with Crippen LogP contribution in [0.25, 0.3) is 0 Å². The highest BCUT2D eigenvalue weighted by Gasteiger charge is 2.16. The summed E-state index contributed by atoms with van der Waals surface area (Å²) in [6.45, 7) is 14.7. The lowest BCUT2D eigenvalue weighted by molar-refractivity contribution is 0.181. The van der Waals surface area contributed by atoms with Gasteiger partial charge in [-0.15, -0.1) is 6.58 Å². The summed E-state index contributed by atoms with van der Waals surface area (Å²) in [5.41, 5.74) is 1.66. The Balaban J connectivity index is 4.37. The van der Waals surface area contributed by atoms with E-state index in [0.29, 0.717) is 0 Å². The third-order valence-corrected chi connectivity index (χ3v) is 1.67.